The second-order valence-electron chi connectivity index (χ2n) is 4.60. The van der Waals surface area contributed by atoms with Crippen molar-refractivity contribution in [2.75, 3.05) is 13.6 Å². The van der Waals surface area contributed by atoms with Crippen molar-refractivity contribution in [3.05, 3.63) is 23.7 Å². The molecule has 0 radical (unpaired) electrons. The summed E-state index contributed by atoms with van der Waals surface area (Å²) in [6, 6.07) is 2.94. The smallest absolute Gasteiger partial charge is 0.122 e. The van der Waals surface area contributed by atoms with Crippen molar-refractivity contribution in [1.29, 1.82) is 0 Å². The first-order valence-electron chi connectivity index (χ1n) is 6.29. The van der Waals surface area contributed by atoms with E-state index in [1.54, 1.807) is 6.26 Å². The third-order valence-electron chi connectivity index (χ3n) is 3.12. The Morgan fingerprint density at radius 3 is 2.94 bits per heavy atom. The van der Waals surface area contributed by atoms with Crippen molar-refractivity contribution < 1.29 is 4.42 Å². The Labute approximate surface area is 97.8 Å². The summed E-state index contributed by atoms with van der Waals surface area (Å²) >= 11 is 0. The normalized spacial score (nSPS) is 15.9. The standard InChI is InChI=1S/C13H22N2O/c1-3-7-15(12-4-5-12)10-11-6-8-16-13(11)9-14-2/h6,8,12,14H,3-5,7,9-10H2,1-2H3. The first-order chi connectivity index (χ1) is 7.85. The van der Waals surface area contributed by atoms with Crippen LogP contribution in [0.1, 0.15) is 37.5 Å². The molecule has 3 heteroatoms. The second-order valence-corrected chi connectivity index (χ2v) is 4.60. The molecule has 2 rings (SSSR count). The largest absolute Gasteiger partial charge is 0.468 e. The van der Waals surface area contributed by atoms with Crippen LogP contribution in [0.3, 0.4) is 0 Å². The van der Waals surface area contributed by atoms with Gasteiger partial charge in [0.05, 0.1) is 12.8 Å². The number of rotatable bonds is 7. The molecule has 1 aliphatic rings. The highest BCUT2D eigenvalue weighted by Gasteiger charge is 2.28. The lowest BCUT2D eigenvalue weighted by Gasteiger charge is -2.20. The number of furan rings is 1. The van der Waals surface area contributed by atoms with E-state index < -0.39 is 0 Å². The highest BCUT2D eigenvalue weighted by Crippen LogP contribution is 2.29. The maximum atomic E-state index is 5.50. The average molecular weight is 222 g/mol. The molecule has 0 saturated heterocycles. The predicted octanol–water partition coefficient (Wildman–Crippen LogP) is 2.37. The summed E-state index contributed by atoms with van der Waals surface area (Å²) in [5.74, 6) is 1.09. The summed E-state index contributed by atoms with van der Waals surface area (Å²) < 4.78 is 5.50. The molecule has 0 atom stereocenters. The van der Waals surface area contributed by atoms with Crippen LogP contribution in [0.15, 0.2) is 16.7 Å². The van der Waals surface area contributed by atoms with E-state index in [2.05, 4.69) is 23.2 Å². The first-order valence-corrected chi connectivity index (χ1v) is 6.29. The Morgan fingerprint density at radius 2 is 2.31 bits per heavy atom. The molecule has 1 aliphatic carbocycles. The van der Waals surface area contributed by atoms with E-state index in [0.717, 1.165) is 24.9 Å². The molecule has 16 heavy (non-hydrogen) atoms. The molecule has 0 spiro atoms. The zero-order valence-corrected chi connectivity index (χ0v) is 10.3. The Morgan fingerprint density at radius 1 is 1.50 bits per heavy atom. The van der Waals surface area contributed by atoms with Crippen LogP contribution in [-0.4, -0.2) is 24.5 Å². The molecule has 1 heterocycles. The Hall–Kier alpha value is -0.800. The van der Waals surface area contributed by atoms with Gasteiger partial charge in [0.15, 0.2) is 0 Å². The van der Waals surface area contributed by atoms with Crippen LogP contribution < -0.4 is 5.32 Å². The van der Waals surface area contributed by atoms with E-state index in [4.69, 9.17) is 4.42 Å². The fourth-order valence-electron chi connectivity index (χ4n) is 2.16. The van der Waals surface area contributed by atoms with Crippen molar-refractivity contribution in [3.63, 3.8) is 0 Å². The monoisotopic (exact) mass is 222 g/mol. The maximum absolute atomic E-state index is 5.50. The molecule has 0 bridgehead atoms. The zero-order chi connectivity index (χ0) is 11.4. The minimum atomic E-state index is 0.826. The molecule has 1 aromatic heterocycles. The third kappa shape index (κ3) is 2.86. The van der Waals surface area contributed by atoms with Gasteiger partial charge in [-0.15, -0.1) is 0 Å². The molecular weight excluding hydrogens is 200 g/mol. The zero-order valence-electron chi connectivity index (χ0n) is 10.3. The van der Waals surface area contributed by atoms with Crippen LogP contribution in [0.25, 0.3) is 0 Å². The third-order valence-corrected chi connectivity index (χ3v) is 3.12. The minimum absolute atomic E-state index is 0.826. The van der Waals surface area contributed by atoms with E-state index >= 15 is 0 Å². The molecule has 1 saturated carbocycles. The van der Waals surface area contributed by atoms with Gasteiger partial charge in [0.25, 0.3) is 0 Å². The van der Waals surface area contributed by atoms with Crippen molar-refractivity contribution in [3.8, 4) is 0 Å². The summed E-state index contributed by atoms with van der Waals surface area (Å²) in [5, 5.41) is 3.15. The molecular formula is C13H22N2O. The SMILES string of the molecule is CCCN(Cc1ccoc1CNC)C1CC1. The first kappa shape index (κ1) is 11.7. The quantitative estimate of drug-likeness (QED) is 0.767. The topological polar surface area (TPSA) is 28.4 Å². The van der Waals surface area contributed by atoms with Crippen molar-refractivity contribution in [2.45, 2.75) is 45.3 Å². The van der Waals surface area contributed by atoms with Crippen LogP contribution in [0, 0.1) is 0 Å². The maximum Gasteiger partial charge on any atom is 0.122 e. The van der Waals surface area contributed by atoms with Gasteiger partial charge in [-0.2, -0.15) is 0 Å². The highest BCUT2D eigenvalue weighted by atomic mass is 16.3. The van der Waals surface area contributed by atoms with E-state index in [0.29, 0.717) is 0 Å². The Kier molecular flexibility index (Phi) is 4.02. The summed E-state index contributed by atoms with van der Waals surface area (Å²) in [4.78, 5) is 2.59. The molecule has 0 aromatic carbocycles. The summed E-state index contributed by atoms with van der Waals surface area (Å²) in [5.41, 5.74) is 1.34. The fraction of sp³-hybridized carbons (Fsp3) is 0.692. The Balaban J connectivity index is 1.97. The number of hydrogen-bond donors (Lipinski definition) is 1. The molecule has 1 fully saturated rings. The van der Waals surface area contributed by atoms with E-state index in [1.807, 2.05) is 7.05 Å². The van der Waals surface area contributed by atoms with Gasteiger partial charge in [-0.05, 0) is 38.9 Å². The molecule has 3 nitrogen and oxygen atoms in total. The van der Waals surface area contributed by atoms with Gasteiger partial charge in [-0.3, -0.25) is 4.90 Å². The molecule has 1 N–H and O–H groups in total. The van der Waals surface area contributed by atoms with Gasteiger partial charge in [0, 0.05) is 18.2 Å². The van der Waals surface area contributed by atoms with Gasteiger partial charge in [0.2, 0.25) is 0 Å². The van der Waals surface area contributed by atoms with Crippen molar-refractivity contribution in [1.82, 2.24) is 10.2 Å². The Bertz CT molecular complexity index is 317. The van der Waals surface area contributed by atoms with Crippen LogP contribution in [0.2, 0.25) is 0 Å². The lowest BCUT2D eigenvalue weighted by atomic mass is 10.2. The lowest BCUT2D eigenvalue weighted by Crippen LogP contribution is -2.26. The van der Waals surface area contributed by atoms with Crippen LogP contribution in [0.4, 0.5) is 0 Å². The summed E-state index contributed by atoms with van der Waals surface area (Å²) in [6.07, 6.45) is 5.78. The predicted molar refractivity (Wildman–Crippen MR) is 65.2 cm³/mol. The average Bonchev–Trinajstić information content (AvgIpc) is 3.03. The van der Waals surface area contributed by atoms with Gasteiger partial charge >= 0.3 is 0 Å². The number of nitrogens with zero attached hydrogens (tertiary/aromatic N) is 1. The lowest BCUT2D eigenvalue weighted by molar-refractivity contribution is 0.253. The van der Waals surface area contributed by atoms with Gasteiger partial charge in [-0.1, -0.05) is 6.92 Å². The second kappa shape index (κ2) is 5.51. The molecule has 0 unspecified atom stereocenters. The van der Waals surface area contributed by atoms with Crippen molar-refractivity contribution >= 4 is 0 Å². The van der Waals surface area contributed by atoms with Crippen LogP contribution >= 0.6 is 0 Å². The van der Waals surface area contributed by atoms with Crippen LogP contribution in [-0.2, 0) is 13.1 Å². The van der Waals surface area contributed by atoms with Gasteiger partial charge in [0.1, 0.15) is 5.76 Å². The summed E-state index contributed by atoms with van der Waals surface area (Å²) in [6.45, 7) is 5.33. The van der Waals surface area contributed by atoms with Gasteiger partial charge < -0.3 is 9.73 Å². The van der Waals surface area contributed by atoms with Crippen LogP contribution in [0.5, 0.6) is 0 Å². The van der Waals surface area contributed by atoms with Crippen molar-refractivity contribution in [2.24, 2.45) is 0 Å². The number of nitrogens with one attached hydrogen (secondary N) is 1. The highest BCUT2D eigenvalue weighted by molar-refractivity contribution is 5.17. The summed E-state index contributed by atoms with van der Waals surface area (Å²) in [7, 11) is 1.96. The van der Waals surface area contributed by atoms with E-state index in [9.17, 15) is 0 Å². The van der Waals surface area contributed by atoms with Gasteiger partial charge in [-0.25, -0.2) is 0 Å². The van der Waals surface area contributed by atoms with E-state index in [-0.39, 0.29) is 0 Å². The molecule has 1 aromatic rings. The molecule has 0 amide bonds. The number of hydrogen-bond acceptors (Lipinski definition) is 3. The molecule has 90 valence electrons. The fourth-order valence-corrected chi connectivity index (χ4v) is 2.16. The van der Waals surface area contributed by atoms with E-state index in [1.165, 1.54) is 31.4 Å². The minimum Gasteiger partial charge on any atom is -0.468 e. The molecule has 0 aliphatic heterocycles.